The van der Waals surface area contributed by atoms with Crippen LogP contribution in [0.15, 0.2) is 0 Å². The number of rotatable bonds is 5. The fourth-order valence-corrected chi connectivity index (χ4v) is 1.18. The van der Waals surface area contributed by atoms with Crippen LogP contribution >= 0.6 is 0 Å². The third-order valence-electron chi connectivity index (χ3n) is 2.22. The molecule has 0 aliphatic heterocycles. The van der Waals surface area contributed by atoms with Crippen LogP contribution in [0.2, 0.25) is 0 Å². The predicted molar refractivity (Wildman–Crippen MR) is 46.6 cm³/mol. The highest BCUT2D eigenvalue weighted by molar-refractivity contribution is 4.78. The van der Waals surface area contributed by atoms with Crippen LogP contribution in [0, 0.1) is 5.92 Å². The van der Waals surface area contributed by atoms with Gasteiger partial charge in [0.05, 0.1) is 12.2 Å². The van der Waals surface area contributed by atoms with E-state index in [0.29, 0.717) is 12.5 Å². The first kappa shape index (κ1) is 10.9. The second-order valence-corrected chi connectivity index (χ2v) is 3.48. The molecule has 2 heteroatoms. The van der Waals surface area contributed by atoms with Crippen molar-refractivity contribution in [1.82, 2.24) is 0 Å². The first-order chi connectivity index (χ1) is 5.04. The summed E-state index contributed by atoms with van der Waals surface area (Å²) >= 11 is 0. The fraction of sp³-hybridized carbons (Fsp3) is 1.00. The highest BCUT2D eigenvalue weighted by Gasteiger charge is 2.27. The zero-order valence-corrected chi connectivity index (χ0v) is 8.05. The lowest BCUT2D eigenvalue weighted by Gasteiger charge is -2.29. The van der Waals surface area contributed by atoms with E-state index in [1.807, 2.05) is 6.92 Å². The molecule has 2 atom stereocenters. The molecule has 0 aliphatic rings. The van der Waals surface area contributed by atoms with Crippen LogP contribution in [0.25, 0.3) is 0 Å². The van der Waals surface area contributed by atoms with Gasteiger partial charge in [0.1, 0.15) is 0 Å². The predicted octanol–water partition coefficient (Wildman–Crippen LogP) is 1.82. The van der Waals surface area contributed by atoms with Crippen LogP contribution in [-0.4, -0.2) is 24.4 Å². The fourth-order valence-electron chi connectivity index (χ4n) is 1.18. The average Bonchev–Trinajstić information content (AvgIpc) is 1.88. The zero-order valence-electron chi connectivity index (χ0n) is 8.05. The van der Waals surface area contributed by atoms with Crippen molar-refractivity contribution in [3.63, 3.8) is 0 Å². The summed E-state index contributed by atoms with van der Waals surface area (Å²) in [4.78, 5) is 0. The quantitative estimate of drug-likeness (QED) is 0.664. The summed E-state index contributed by atoms with van der Waals surface area (Å²) in [5.74, 6) is 0.312. The van der Waals surface area contributed by atoms with Crippen molar-refractivity contribution in [3.05, 3.63) is 0 Å². The van der Waals surface area contributed by atoms with Gasteiger partial charge in [0.25, 0.3) is 0 Å². The molecular weight excluding hydrogens is 140 g/mol. The van der Waals surface area contributed by atoms with Crippen molar-refractivity contribution in [1.29, 1.82) is 0 Å². The van der Waals surface area contributed by atoms with E-state index in [1.54, 1.807) is 7.11 Å². The van der Waals surface area contributed by atoms with Crippen molar-refractivity contribution in [3.8, 4) is 0 Å². The Balaban J connectivity index is 3.83. The van der Waals surface area contributed by atoms with Gasteiger partial charge >= 0.3 is 0 Å². The lowest BCUT2D eigenvalue weighted by Crippen LogP contribution is -2.37. The largest absolute Gasteiger partial charge is 0.387 e. The molecule has 0 saturated heterocycles. The van der Waals surface area contributed by atoms with E-state index in [1.165, 1.54) is 0 Å². The SMILES string of the molecule is CCCC(C)C(C)(O)COC. The lowest BCUT2D eigenvalue weighted by atomic mass is 9.88. The smallest absolute Gasteiger partial charge is 0.0877 e. The molecule has 11 heavy (non-hydrogen) atoms. The van der Waals surface area contributed by atoms with Crippen LogP contribution in [0.4, 0.5) is 0 Å². The molecule has 0 amide bonds. The zero-order chi connectivity index (χ0) is 8.91. The topological polar surface area (TPSA) is 29.5 Å². The second kappa shape index (κ2) is 4.73. The highest BCUT2D eigenvalue weighted by atomic mass is 16.5. The molecular formula is C9H20O2. The van der Waals surface area contributed by atoms with E-state index in [4.69, 9.17) is 4.74 Å². The minimum Gasteiger partial charge on any atom is -0.387 e. The molecule has 0 fully saturated rings. The molecule has 1 N–H and O–H groups in total. The van der Waals surface area contributed by atoms with Gasteiger partial charge in [-0.3, -0.25) is 0 Å². The van der Waals surface area contributed by atoms with Gasteiger partial charge < -0.3 is 9.84 Å². The van der Waals surface area contributed by atoms with Gasteiger partial charge in [-0.15, -0.1) is 0 Å². The van der Waals surface area contributed by atoms with E-state index in [2.05, 4.69) is 13.8 Å². The average molecular weight is 160 g/mol. The maximum atomic E-state index is 9.79. The van der Waals surface area contributed by atoms with Crippen LogP contribution in [-0.2, 0) is 4.74 Å². The number of aliphatic hydroxyl groups is 1. The molecule has 0 aromatic rings. The Morgan fingerprint density at radius 2 is 2.09 bits per heavy atom. The van der Waals surface area contributed by atoms with Crippen LogP contribution in [0.3, 0.4) is 0 Å². The number of hydrogen-bond donors (Lipinski definition) is 1. The van der Waals surface area contributed by atoms with Crippen molar-refractivity contribution >= 4 is 0 Å². The minimum atomic E-state index is -0.662. The van der Waals surface area contributed by atoms with Crippen LogP contribution < -0.4 is 0 Å². The standard InChI is InChI=1S/C9H20O2/c1-5-6-8(2)9(3,10)7-11-4/h8,10H,5-7H2,1-4H3. The Kier molecular flexibility index (Phi) is 4.69. The van der Waals surface area contributed by atoms with Gasteiger partial charge in [0, 0.05) is 7.11 Å². The maximum Gasteiger partial charge on any atom is 0.0877 e. The Bertz CT molecular complexity index is 99.7. The molecule has 68 valence electrons. The third-order valence-corrected chi connectivity index (χ3v) is 2.22. The summed E-state index contributed by atoms with van der Waals surface area (Å²) in [5.41, 5.74) is -0.662. The summed E-state index contributed by atoms with van der Waals surface area (Å²) in [5, 5.41) is 9.79. The maximum absolute atomic E-state index is 9.79. The van der Waals surface area contributed by atoms with Gasteiger partial charge in [0.15, 0.2) is 0 Å². The minimum absolute atomic E-state index is 0.312. The number of methoxy groups -OCH3 is 1. The number of ether oxygens (including phenoxy) is 1. The van der Waals surface area contributed by atoms with Crippen molar-refractivity contribution in [2.45, 2.75) is 39.2 Å². The molecule has 0 aromatic heterocycles. The van der Waals surface area contributed by atoms with Gasteiger partial charge in [-0.1, -0.05) is 20.3 Å². The Morgan fingerprint density at radius 3 is 2.45 bits per heavy atom. The number of hydrogen-bond acceptors (Lipinski definition) is 2. The molecule has 0 spiro atoms. The molecule has 2 nitrogen and oxygen atoms in total. The normalized spacial score (nSPS) is 19.4. The van der Waals surface area contributed by atoms with Gasteiger partial charge in [0.2, 0.25) is 0 Å². The van der Waals surface area contributed by atoms with E-state index in [0.717, 1.165) is 12.8 Å². The summed E-state index contributed by atoms with van der Waals surface area (Å²) < 4.78 is 4.92. The van der Waals surface area contributed by atoms with E-state index < -0.39 is 5.60 Å². The molecule has 0 radical (unpaired) electrons. The van der Waals surface area contributed by atoms with Crippen molar-refractivity contribution in [2.75, 3.05) is 13.7 Å². The molecule has 0 heterocycles. The van der Waals surface area contributed by atoms with Crippen molar-refractivity contribution in [2.24, 2.45) is 5.92 Å². The van der Waals surface area contributed by atoms with E-state index >= 15 is 0 Å². The summed E-state index contributed by atoms with van der Waals surface area (Å²) in [7, 11) is 1.62. The summed E-state index contributed by atoms with van der Waals surface area (Å²) in [6.07, 6.45) is 2.16. The Morgan fingerprint density at radius 1 is 1.55 bits per heavy atom. The van der Waals surface area contributed by atoms with Gasteiger partial charge in [-0.05, 0) is 19.3 Å². The molecule has 0 aromatic carbocycles. The first-order valence-electron chi connectivity index (χ1n) is 4.26. The van der Waals surface area contributed by atoms with Crippen LogP contribution in [0.5, 0.6) is 0 Å². The lowest BCUT2D eigenvalue weighted by molar-refractivity contribution is -0.0570. The summed E-state index contributed by atoms with van der Waals surface area (Å²) in [6, 6.07) is 0. The molecule has 0 saturated carbocycles. The monoisotopic (exact) mass is 160 g/mol. The highest BCUT2D eigenvalue weighted by Crippen LogP contribution is 2.21. The first-order valence-corrected chi connectivity index (χ1v) is 4.26. The second-order valence-electron chi connectivity index (χ2n) is 3.48. The van der Waals surface area contributed by atoms with Gasteiger partial charge in [-0.25, -0.2) is 0 Å². The van der Waals surface area contributed by atoms with Crippen LogP contribution in [0.1, 0.15) is 33.6 Å². The summed E-state index contributed by atoms with van der Waals surface area (Å²) in [6.45, 7) is 6.44. The van der Waals surface area contributed by atoms with E-state index in [-0.39, 0.29) is 0 Å². The molecule has 2 unspecified atom stereocenters. The van der Waals surface area contributed by atoms with Crippen molar-refractivity contribution < 1.29 is 9.84 Å². The molecule has 0 aliphatic carbocycles. The van der Waals surface area contributed by atoms with E-state index in [9.17, 15) is 5.11 Å². The Labute approximate surface area is 69.6 Å². The molecule has 0 rings (SSSR count). The van der Waals surface area contributed by atoms with Gasteiger partial charge in [-0.2, -0.15) is 0 Å². The molecule has 0 bridgehead atoms. The third kappa shape index (κ3) is 3.73. The Hall–Kier alpha value is -0.0800.